The Morgan fingerprint density at radius 1 is 1.32 bits per heavy atom. The zero-order chi connectivity index (χ0) is 13.7. The summed E-state index contributed by atoms with van der Waals surface area (Å²) in [6.45, 7) is 1.06. The Morgan fingerprint density at radius 3 is 2.68 bits per heavy atom. The molecule has 100 valence electrons. The van der Waals surface area contributed by atoms with Gasteiger partial charge in [0.05, 0.1) is 18.8 Å². The van der Waals surface area contributed by atoms with Crippen molar-refractivity contribution in [3.8, 4) is 11.3 Å². The van der Waals surface area contributed by atoms with Gasteiger partial charge in [-0.05, 0) is 6.07 Å². The van der Waals surface area contributed by atoms with Gasteiger partial charge in [0.1, 0.15) is 0 Å². The third-order valence-corrected chi connectivity index (χ3v) is 2.85. The van der Waals surface area contributed by atoms with Crippen molar-refractivity contribution < 1.29 is 4.74 Å². The standard InChI is InChI=1S/C14H17N3O2/c1-19-8-7-17-14(18)12(10-15)9-13(16-17)11-5-3-2-4-6-11/h2-6,9H,7-8,10,15H2,1H3. The van der Waals surface area contributed by atoms with E-state index in [0.29, 0.717) is 18.7 Å². The molecule has 5 nitrogen and oxygen atoms in total. The van der Waals surface area contributed by atoms with Crippen molar-refractivity contribution >= 4 is 0 Å². The van der Waals surface area contributed by atoms with Crippen molar-refractivity contribution in [2.24, 2.45) is 5.73 Å². The summed E-state index contributed by atoms with van der Waals surface area (Å²) in [6.07, 6.45) is 0. The van der Waals surface area contributed by atoms with Gasteiger partial charge < -0.3 is 10.5 Å². The molecule has 0 saturated heterocycles. The maximum absolute atomic E-state index is 12.1. The molecule has 0 saturated carbocycles. The first-order chi connectivity index (χ1) is 9.26. The van der Waals surface area contributed by atoms with E-state index in [-0.39, 0.29) is 12.1 Å². The van der Waals surface area contributed by atoms with Gasteiger partial charge in [-0.1, -0.05) is 30.3 Å². The van der Waals surface area contributed by atoms with E-state index in [0.717, 1.165) is 11.3 Å². The molecule has 1 aromatic carbocycles. The summed E-state index contributed by atoms with van der Waals surface area (Å²) in [5.41, 5.74) is 7.74. The van der Waals surface area contributed by atoms with Gasteiger partial charge in [-0.15, -0.1) is 0 Å². The van der Waals surface area contributed by atoms with Crippen LogP contribution in [0.5, 0.6) is 0 Å². The lowest BCUT2D eigenvalue weighted by atomic mass is 10.1. The SMILES string of the molecule is COCCn1nc(-c2ccccc2)cc(CN)c1=O. The zero-order valence-corrected chi connectivity index (χ0v) is 10.9. The van der Waals surface area contributed by atoms with E-state index in [1.165, 1.54) is 4.68 Å². The highest BCUT2D eigenvalue weighted by atomic mass is 16.5. The zero-order valence-electron chi connectivity index (χ0n) is 10.9. The molecule has 0 aliphatic rings. The Hall–Kier alpha value is -1.98. The molecule has 0 aliphatic heterocycles. The molecule has 1 heterocycles. The molecule has 2 rings (SSSR count). The van der Waals surface area contributed by atoms with Crippen molar-refractivity contribution in [1.29, 1.82) is 0 Å². The Bertz CT molecular complexity index is 593. The van der Waals surface area contributed by atoms with E-state index in [4.69, 9.17) is 10.5 Å². The van der Waals surface area contributed by atoms with Gasteiger partial charge in [0.25, 0.3) is 5.56 Å². The van der Waals surface area contributed by atoms with Gasteiger partial charge in [-0.25, -0.2) is 4.68 Å². The minimum atomic E-state index is -0.153. The van der Waals surface area contributed by atoms with Crippen LogP contribution in [0.15, 0.2) is 41.2 Å². The highest BCUT2D eigenvalue weighted by Crippen LogP contribution is 2.15. The minimum absolute atomic E-state index is 0.153. The highest BCUT2D eigenvalue weighted by Gasteiger charge is 2.08. The number of nitrogens with two attached hydrogens (primary N) is 1. The number of hydrogen-bond acceptors (Lipinski definition) is 4. The number of ether oxygens (including phenoxy) is 1. The number of rotatable bonds is 5. The van der Waals surface area contributed by atoms with E-state index in [2.05, 4.69) is 5.10 Å². The fourth-order valence-electron chi connectivity index (χ4n) is 1.82. The molecule has 0 amide bonds. The molecule has 0 atom stereocenters. The van der Waals surface area contributed by atoms with Gasteiger partial charge in [-0.3, -0.25) is 4.79 Å². The van der Waals surface area contributed by atoms with E-state index in [1.807, 2.05) is 30.3 Å². The lowest BCUT2D eigenvalue weighted by Crippen LogP contribution is -2.29. The summed E-state index contributed by atoms with van der Waals surface area (Å²) in [5.74, 6) is 0. The molecule has 19 heavy (non-hydrogen) atoms. The van der Waals surface area contributed by atoms with Crippen LogP contribution in [0.1, 0.15) is 5.56 Å². The number of nitrogens with zero attached hydrogens (tertiary/aromatic N) is 2. The molecule has 0 aliphatic carbocycles. The summed E-state index contributed by atoms with van der Waals surface area (Å²) in [5, 5.41) is 4.36. The second kappa shape index (κ2) is 6.26. The van der Waals surface area contributed by atoms with Crippen molar-refractivity contribution in [3.05, 3.63) is 52.3 Å². The first-order valence-electron chi connectivity index (χ1n) is 6.11. The molecule has 0 unspecified atom stereocenters. The predicted molar refractivity (Wildman–Crippen MR) is 73.7 cm³/mol. The fourth-order valence-corrected chi connectivity index (χ4v) is 1.82. The maximum atomic E-state index is 12.1. The Labute approximate surface area is 111 Å². The first kappa shape index (κ1) is 13.5. The van der Waals surface area contributed by atoms with Gasteiger partial charge in [0.2, 0.25) is 0 Å². The third-order valence-electron chi connectivity index (χ3n) is 2.85. The molecule has 5 heteroatoms. The van der Waals surface area contributed by atoms with Crippen molar-refractivity contribution in [2.75, 3.05) is 13.7 Å². The fraction of sp³-hybridized carbons (Fsp3) is 0.286. The van der Waals surface area contributed by atoms with E-state index >= 15 is 0 Å². The molecule has 0 spiro atoms. The van der Waals surface area contributed by atoms with Gasteiger partial charge in [-0.2, -0.15) is 5.10 Å². The normalized spacial score (nSPS) is 10.6. The minimum Gasteiger partial charge on any atom is -0.383 e. The van der Waals surface area contributed by atoms with E-state index in [9.17, 15) is 4.79 Å². The summed E-state index contributed by atoms with van der Waals surface area (Å²) in [7, 11) is 1.59. The second-order valence-electron chi connectivity index (χ2n) is 4.15. The second-order valence-corrected chi connectivity index (χ2v) is 4.15. The molecule has 2 aromatic rings. The molecule has 0 fully saturated rings. The van der Waals surface area contributed by atoms with Crippen LogP contribution in [0.3, 0.4) is 0 Å². The lowest BCUT2D eigenvalue weighted by Gasteiger charge is -2.09. The van der Waals surface area contributed by atoms with Crippen LogP contribution in [0.2, 0.25) is 0 Å². The van der Waals surface area contributed by atoms with Crippen LogP contribution in [-0.4, -0.2) is 23.5 Å². The van der Waals surface area contributed by atoms with Gasteiger partial charge in [0.15, 0.2) is 0 Å². The molecule has 2 N–H and O–H groups in total. The Morgan fingerprint density at radius 2 is 2.05 bits per heavy atom. The Balaban J connectivity index is 2.48. The van der Waals surface area contributed by atoms with Gasteiger partial charge in [0, 0.05) is 24.8 Å². The van der Waals surface area contributed by atoms with Crippen LogP contribution in [-0.2, 0) is 17.8 Å². The number of benzene rings is 1. The molecule has 0 radical (unpaired) electrons. The summed E-state index contributed by atoms with van der Waals surface area (Å²) < 4.78 is 6.40. The summed E-state index contributed by atoms with van der Waals surface area (Å²) in [6, 6.07) is 11.5. The average Bonchev–Trinajstić information content (AvgIpc) is 2.47. The molecular formula is C14H17N3O2. The molecule has 1 aromatic heterocycles. The highest BCUT2D eigenvalue weighted by molar-refractivity contribution is 5.58. The average molecular weight is 259 g/mol. The van der Waals surface area contributed by atoms with Crippen LogP contribution in [0.4, 0.5) is 0 Å². The third kappa shape index (κ3) is 3.07. The Kier molecular flexibility index (Phi) is 4.43. The maximum Gasteiger partial charge on any atom is 0.271 e. The summed E-state index contributed by atoms with van der Waals surface area (Å²) in [4.78, 5) is 12.1. The smallest absolute Gasteiger partial charge is 0.271 e. The quantitative estimate of drug-likeness (QED) is 0.870. The van der Waals surface area contributed by atoms with Crippen LogP contribution < -0.4 is 11.3 Å². The van der Waals surface area contributed by atoms with Gasteiger partial charge >= 0.3 is 0 Å². The van der Waals surface area contributed by atoms with Crippen molar-refractivity contribution in [3.63, 3.8) is 0 Å². The van der Waals surface area contributed by atoms with Crippen molar-refractivity contribution in [2.45, 2.75) is 13.1 Å². The van der Waals surface area contributed by atoms with E-state index in [1.54, 1.807) is 13.2 Å². The monoisotopic (exact) mass is 259 g/mol. The van der Waals surface area contributed by atoms with Crippen molar-refractivity contribution in [1.82, 2.24) is 9.78 Å². The number of hydrogen-bond donors (Lipinski definition) is 1. The van der Waals surface area contributed by atoms with Crippen LogP contribution in [0, 0.1) is 0 Å². The molecule has 0 bridgehead atoms. The lowest BCUT2D eigenvalue weighted by molar-refractivity contribution is 0.182. The first-order valence-corrected chi connectivity index (χ1v) is 6.11. The number of methoxy groups -OCH3 is 1. The largest absolute Gasteiger partial charge is 0.383 e. The molecular weight excluding hydrogens is 242 g/mol. The summed E-state index contributed by atoms with van der Waals surface area (Å²) >= 11 is 0. The van der Waals surface area contributed by atoms with Crippen LogP contribution >= 0.6 is 0 Å². The van der Waals surface area contributed by atoms with E-state index < -0.39 is 0 Å². The van der Waals surface area contributed by atoms with Crippen LogP contribution in [0.25, 0.3) is 11.3 Å². The topological polar surface area (TPSA) is 70.1 Å². The predicted octanol–water partition coefficient (Wildman–Crippen LogP) is 1.02. The number of aromatic nitrogens is 2.